The van der Waals surface area contributed by atoms with Gasteiger partial charge in [0.2, 0.25) is 0 Å². The summed E-state index contributed by atoms with van der Waals surface area (Å²) in [5.41, 5.74) is 0.845. The molecule has 0 aliphatic rings. The molecule has 0 fully saturated rings. The second-order valence-electron chi connectivity index (χ2n) is 5.87. The van der Waals surface area contributed by atoms with Crippen molar-refractivity contribution in [2.75, 3.05) is 13.2 Å². The Balaban J connectivity index is 2.76. The highest BCUT2D eigenvalue weighted by molar-refractivity contribution is 5.98. The molecule has 0 amide bonds. The summed E-state index contributed by atoms with van der Waals surface area (Å²) in [4.78, 5) is 24.2. The highest BCUT2D eigenvalue weighted by Crippen LogP contribution is 2.24. The molecule has 0 bridgehead atoms. The third-order valence-corrected chi connectivity index (χ3v) is 3.74. The summed E-state index contributed by atoms with van der Waals surface area (Å²) < 4.78 is 10.4. The Bertz CT molecular complexity index is 506. The van der Waals surface area contributed by atoms with Crippen molar-refractivity contribution in [2.24, 2.45) is 0 Å². The molecule has 5 heteroatoms. The van der Waals surface area contributed by atoms with Crippen molar-refractivity contribution >= 4 is 11.9 Å². The lowest BCUT2D eigenvalue weighted by Crippen LogP contribution is -2.12. The first-order valence-corrected chi connectivity index (χ1v) is 8.69. The molecule has 134 valence electrons. The summed E-state index contributed by atoms with van der Waals surface area (Å²) in [6.45, 7) is 6.48. The summed E-state index contributed by atoms with van der Waals surface area (Å²) in [7, 11) is 0. The Kier molecular flexibility index (Phi) is 8.90. The standard InChI is InChI=1S/C19H28O5/c1-4-6-8-10-23-18(21)15-13-16(17(20)12-14(15)3)19(22)24-11-9-7-5-2/h12-13,20H,4-11H2,1-3H3. The van der Waals surface area contributed by atoms with Crippen molar-refractivity contribution in [3.05, 3.63) is 28.8 Å². The van der Waals surface area contributed by atoms with Crippen LogP contribution in [-0.2, 0) is 9.47 Å². The van der Waals surface area contributed by atoms with Gasteiger partial charge in [0.25, 0.3) is 0 Å². The third-order valence-electron chi connectivity index (χ3n) is 3.74. The zero-order valence-electron chi connectivity index (χ0n) is 14.9. The molecule has 1 aromatic carbocycles. The van der Waals surface area contributed by atoms with Gasteiger partial charge in [0.05, 0.1) is 18.8 Å². The number of hydrogen-bond donors (Lipinski definition) is 1. The van der Waals surface area contributed by atoms with Crippen molar-refractivity contribution in [1.29, 1.82) is 0 Å². The van der Waals surface area contributed by atoms with Crippen molar-refractivity contribution in [1.82, 2.24) is 0 Å². The van der Waals surface area contributed by atoms with Crippen LogP contribution in [0.1, 0.15) is 78.7 Å². The number of phenols is 1. The van der Waals surface area contributed by atoms with Crippen LogP contribution in [0.5, 0.6) is 5.75 Å². The monoisotopic (exact) mass is 336 g/mol. The molecule has 5 nitrogen and oxygen atoms in total. The minimum Gasteiger partial charge on any atom is -0.507 e. The maximum Gasteiger partial charge on any atom is 0.341 e. The van der Waals surface area contributed by atoms with E-state index < -0.39 is 11.9 Å². The predicted octanol–water partition coefficient (Wildman–Crippen LogP) is 4.39. The molecule has 0 radical (unpaired) electrons. The van der Waals surface area contributed by atoms with Crippen LogP contribution in [0.25, 0.3) is 0 Å². The zero-order chi connectivity index (χ0) is 17.9. The maximum absolute atomic E-state index is 12.2. The predicted molar refractivity (Wildman–Crippen MR) is 92.5 cm³/mol. The van der Waals surface area contributed by atoms with Gasteiger partial charge in [-0.05, 0) is 37.5 Å². The first kappa shape index (κ1) is 20.0. The molecule has 0 spiro atoms. The van der Waals surface area contributed by atoms with E-state index in [2.05, 4.69) is 13.8 Å². The molecular weight excluding hydrogens is 308 g/mol. The van der Waals surface area contributed by atoms with Gasteiger partial charge in [-0.2, -0.15) is 0 Å². The first-order valence-electron chi connectivity index (χ1n) is 8.69. The van der Waals surface area contributed by atoms with E-state index >= 15 is 0 Å². The number of carbonyl (C=O) groups is 2. The van der Waals surface area contributed by atoms with E-state index in [4.69, 9.17) is 9.47 Å². The highest BCUT2D eigenvalue weighted by Gasteiger charge is 2.19. The molecular formula is C19H28O5. The van der Waals surface area contributed by atoms with Gasteiger partial charge in [-0.1, -0.05) is 39.5 Å². The van der Waals surface area contributed by atoms with Crippen molar-refractivity contribution in [2.45, 2.75) is 59.3 Å². The number of esters is 2. The molecule has 0 heterocycles. The second-order valence-corrected chi connectivity index (χ2v) is 5.87. The van der Waals surface area contributed by atoms with Crippen molar-refractivity contribution < 1.29 is 24.2 Å². The lowest BCUT2D eigenvalue weighted by molar-refractivity contribution is 0.0494. The van der Waals surface area contributed by atoms with Crippen LogP contribution < -0.4 is 0 Å². The fourth-order valence-corrected chi connectivity index (χ4v) is 2.27. The Hall–Kier alpha value is -2.04. The lowest BCUT2D eigenvalue weighted by Gasteiger charge is -2.11. The van der Waals surface area contributed by atoms with E-state index in [1.54, 1.807) is 6.92 Å². The fraction of sp³-hybridized carbons (Fsp3) is 0.579. The summed E-state index contributed by atoms with van der Waals surface area (Å²) in [6, 6.07) is 2.75. The Morgan fingerprint density at radius 3 is 1.88 bits per heavy atom. The number of benzene rings is 1. The largest absolute Gasteiger partial charge is 0.507 e. The van der Waals surface area contributed by atoms with Crippen LogP contribution >= 0.6 is 0 Å². The van der Waals surface area contributed by atoms with Crippen molar-refractivity contribution in [3.63, 3.8) is 0 Å². The minimum atomic E-state index is -0.622. The van der Waals surface area contributed by atoms with Crippen molar-refractivity contribution in [3.8, 4) is 5.75 Å². The molecule has 0 aromatic heterocycles. The number of aryl methyl sites for hydroxylation is 1. The van der Waals surface area contributed by atoms with Crippen LogP contribution in [0.15, 0.2) is 12.1 Å². The van der Waals surface area contributed by atoms with E-state index in [-0.39, 0.29) is 16.9 Å². The fourth-order valence-electron chi connectivity index (χ4n) is 2.27. The average molecular weight is 336 g/mol. The van der Waals surface area contributed by atoms with Gasteiger partial charge in [-0.15, -0.1) is 0 Å². The number of phenolic OH excluding ortho intramolecular Hbond substituents is 1. The van der Waals surface area contributed by atoms with E-state index in [1.807, 2.05) is 0 Å². The minimum absolute atomic E-state index is 0.00222. The van der Waals surface area contributed by atoms with Crippen LogP contribution in [0.4, 0.5) is 0 Å². The van der Waals surface area contributed by atoms with Crippen LogP contribution in [0.2, 0.25) is 0 Å². The van der Waals surface area contributed by atoms with Gasteiger partial charge in [-0.3, -0.25) is 0 Å². The Labute approximate surface area is 144 Å². The molecule has 1 N–H and O–H groups in total. The molecule has 1 rings (SSSR count). The van der Waals surface area contributed by atoms with E-state index in [1.165, 1.54) is 12.1 Å². The van der Waals surface area contributed by atoms with Crippen LogP contribution in [0, 0.1) is 6.92 Å². The van der Waals surface area contributed by atoms with Gasteiger partial charge >= 0.3 is 11.9 Å². The first-order chi connectivity index (χ1) is 11.5. The van der Waals surface area contributed by atoms with E-state index in [9.17, 15) is 14.7 Å². The normalized spacial score (nSPS) is 10.5. The number of rotatable bonds is 10. The maximum atomic E-state index is 12.2. The summed E-state index contributed by atoms with van der Waals surface area (Å²) in [5.74, 6) is -1.29. The highest BCUT2D eigenvalue weighted by atomic mass is 16.5. The average Bonchev–Trinajstić information content (AvgIpc) is 2.55. The molecule has 0 atom stereocenters. The number of unbranched alkanes of at least 4 members (excludes halogenated alkanes) is 4. The third kappa shape index (κ3) is 6.22. The van der Waals surface area contributed by atoms with Gasteiger partial charge in [-0.25, -0.2) is 9.59 Å². The number of hydrogen-bond acceptors (Lipinski definition) is 5. The molecule has 24 heavy (non-hydrogen) atoms. The summed E-state index contributed by atoms with van der Waals surface area (Å²) in [6.07, 6.45) is 5.64. The van der Waals surface area contributed by atoms with Crippen LogP contribution in [0.3, 0.4) is 0 Å². The second kappa shape index (κ2) is 10.7. The Morgan fingerprint density at radius 2 is 1.38 bits per heavy atom. The zero-order valence-corrected chi connectivity index (χ0v) is 14.9. The smallest absolute Gasteiger partial charge is 0.341 e. The molecule has 1 aromatic rings. The van der Waals surface area contributed by atoms with Gasteiger partial charge < -0.3 is 14.6 Å². The van der Waals surface area contributed by atoms with Gasteiger partial charge in [0, 0.05) is 0 Å². The van der Waals surface area contributed by atoms with Gasteiger partial charge in [0.15, 0.2) is 0 Å². The summed E-state index contributed by atoms with van der Waals surface area (Å²) >= 11 is 0. The molecule has 0 aliphatic heterocycles. The lowest BCUT2D eigenvalue weighted by atomic mass is 10.0. The molecule has 0 aliphatic carbocycles. The molecule has 0 unspecified atom stereocenters. The number of aromatic hydroxyl groups is 1. The topological polar surface area (TPSA) is 72.8 Å². The summed E-state index contributed by atoms with van der Waals surface area (Å²) in [5, 5.41) is 9.96. The molecule has 0 saturated heterocycles. The number of ether oxygens (including phenoxy) is 2. The Morgan fingerprint density at radius 1 is 0.875 bits per heavy atom. The van der Waals surface area contributed by atoms with Crippen LogP contribution in [-0.4, -0.2) is 30.3 Å². The molecule has 0 saturated carbocycles. The van der Waals surface area contributed by atoms with E-state index in [0.717, 1.165) is 38.5 Å². The van der Waals surface area contributed by atoms with E-state index in [0.29, 0.717) is 18.8 Å². The quantitative estimate of drug-likeness (QED) is 0.506. The number of carbonyl (C=O) groups excluding carboxylic acids is 2. The van der Waals surface area contributed by atoms with Gasteiger partial charge in [0.1, 0.15) is 11.3 Å². The SMILES string of the molecule is CCCCCOC(=O)c1cc(C(=O)OCCCCC)c(O)cc1C.